The molecule has 0 atom stereocenters. The van der Waals surface area contributed by atoms with Gasteiger partial charge in [-0.3, -0.25) is 4.98 Å². The van der Waals surface area contributed by atoms with Crippen molar-refractivity contribution in [3.8, 4) is 11.3 Å². The summed E-state index contributed by atoms with van der Waals surface area (Å²) < 4.78 is 31.6. The summed E-state index contributed by atoms with van der Waals surface area (Å²) in [6, 6.07) is 28.7. The number of fused-ring (bicyclic) bond motifs is 10. The van der Waals surface area contributed by atoms with Crippen LogP contribution < -0.4 is 0 Å². The van der Waals surface area contributed by atoms with Crippen LogP contribution in [0.2, 0.25) is 0 Å². The van der Waals surface area contributed by atoms with Gasteiger partial charge in [0.2, 0.25) is 0 Å². The molecule has 0 fully saturated rings. The molecule has 8 rings (SSSR count). The highest BCUT2D eigenvalue weighted by Crippen LogP contribution is 2.43. The number of benzene rings is 4. The molecule has 0 radical (unpaired) electrons. The molecule has 3 heteroatoms. The molecule has 0 amide bonds. The van der Waals surface area contributed by atoms with Gasteiger partial charge in [0.05, 0.1) is 22.2 Å². The minimum absolute atomic E-state index is 0.245. The predicted octanol–water partition coefficient (Wildman–Crippen LogP) is 8.11. The summed E-state index contributed by atoms with van der Waals surface area (Å²) >= 11 is 0. The number of aromatic nitrogens is 2. The van der Waals surface area contributed by atoms with Crippen molar-refractivity contribution < 1.29 is 8.53 Å². The fourth-order valence-corrected chi connectivity index (χ4v) is 5.46. The fourth-order valence-electron chi connectivity index (χ4n) is 5.46. The van der Waals surface area contributed by atoms with Crippen molar-refractivity contribution in [3.05, 3.63) is 96.7 Å². The number of aryl methyl sites for hydroxylation is 1. The molecule has 0 N–H and O–H groups in total. The van der Waals surface area contributed by atoms with Crippen molar-refractivity contribution in [2.24, 2.45) is 0 Å². The molecule has 0 aliphatic rings. The first kappa shape index (κ1) is 14.6. The van der Waals surface area contributed by atoms with Gasteiger partial charge in [-0.2, -0.15) is 0 Å². The molecule has 4 aromatic carbocycles. The van der Waals surface area contributed by atoms with Crippen molar-refractivity contribution in [1.82, 2.24) is 9.38 Å². The maximum Gasteiger partial charge on any atom is 0.160 e. The molecule has 4 heterocycles. The lowest BCUT2D eigenvalue weighted by molar-refractivity contribution is 0.671. The summed E-state index contributed by atoms with van der Waals surface area (Å²) in [5, 5.41) is 6.90. The van der Waals surface area contributed by atoms with Crippen LogP contribution in [0, 0.1) is 6.85 Å². The van der Waals surface area contributed by atoms with Crippen LogP contribution >= 0.6 is 0 Å². The lowest BCUT2D eigenvalue weighted by Gasteiger charge is -2.03. The van der Waals surface area contributed by atoms with Gasteiger partial charge in [-0.25, -0.2) is 0 Å². The predicted molar refractivity (Wildman–Crippen MR) is 136 cm³/mol. The molecule has 4 aromatic heterocycles. The van der Waals surface area contributed by atoms with Crippen LogP contribution in [0.5, 0.6) is 0 Å². The van der Waals surface area contributed by atoms with Crippen LogP contribution in [-0.2, 0) is 0 Å². The number of nitrogens with zero attached hydrogens (tertiary/aromatic N) is 2. The van der Waals surface area contributed by atoms with E-state index in [0.717, 1.165) is 49.6 Å². The number of para-hydroxylation sites is 2. The number of hydrogen-bond donors (Lipinski definition) is 0. The molecule has 8 aromatic rings. The van der Waals surface area contributed by atoms with Crippen molar-refractivity contribution in [1.29, 1.82) is 0 Å². The van der Waals surface area contributed by atoms with E-state index in [0.29, 0.717) is 0 Å². The van der Waals surface area contributed by atoms with Crippen LogP contribution in [0.4, 0.5) is 0 Å². The Kier molecular flexibility index (Phi) is 2.62. The van der Waals surface area contributed by atoms with Gasteiger partial charge in [0.15, 0.2) is 5.58 Å². The average Bonchev–Trinajstić information content (AvgIpc) is 3.54. The van der Waals surface area contributed by atoms with E-state index in [4.69, 9.17) is 8.53 Å². The van der Waals surface area contributed by atoms with E-state index in [2.05, 4.69) is 64.0 Å². The quantitative estimate of drug-likeness (QED) is 0.266. The lowest BCUT2D eigenvalue weighted by Crippen LogP contribution is -1.85. The van der Waals surface area contributed by atoms with Gasteiger partial charge in [0, 0.05) is 48.2 Å². The van der Waals surface area contributed by atoms with Crippen LogP contribution in [0.15, 0.2) is 95.5 Å². The minimum atomic E-state index is -2.16. The zero-order valence-electron chi connectivity index (χ0n) is 20.5. The standard InChI is InChI=1S/C30H18N2O/c1-17-9-13-25(31-16-17)18-10-14-26-24(15-18)21-7-4-6-20-22-11-12-23-19-5-2-3-8-27(19)33-30(23)29(22)32(26)28(20)21/h2-16H,1H3/i1D3. The molecule has 154 valence electrons. The molecular weight excluding hydrogens is 404 g/mol. The molecule has 0 spiro atoms. The summed E-state index contributed by atoms with van der Waals surface area (Å²) in [6.07, 6.45) is 1.45. The third-order valence-electron chi connectivity index (χ3n) is 6.88. The maximum atomic E-state index is 7.61. The van der Waals surface area contributed by atoms with Gasteiger partial charge in [-0.05, 0) is 42.7 Å². The minimum Gasteiger partial charge on any atom is -0.454 e. The van der Waals surface area contributed by atoms with Crippen molar-refractivity contribution in [3.63, 3.8) is 0 Å². The number of pyridine rings is 1. The summed E-state index contributed by atoms with van der Waals surface area (Å²) in [6.45, 7) is -2.16. The summed E-state index contributed by atoms with van der Waals surface area (Å²) in [5.41, 5.74) is 7.09. The lowest BCUT2D eigenvalue weighted by atomic mass is 10.0. The third kappa shape index (κ3) is 2.12. The Morgan fingerprint density at radius 1 is 0.727 bits per heavy atom. The highest BCUT2D eigenvalue weighted by atomic mass is 16.3. The van der Waals surface area contributed by atoms with Crippen molar-refractivity contribution in [2.45, 2.75) is 6.85 Å². The zero-order chi connectivity index (χ0) is 24.2. The second kappa shape index (κ2) is 5.90. The highest BCUT2D eigenvalue weighted by molar-refractivity contribution is 6.28. The van der Waals surface area contributed by atoms with Crippen LogP contribution in [-0.4, -0.2) is 9.38 Å². The molecule has 0 aliphatic heterocycles. The smallest absolute Gasteiger partial charge is 0.160 e. The number of rotatable bonds is 1. The second-order valence-corrected chi connectivity index (χ2v) is 8.64. The van der Waals surface area contributed by atoms with E-state index in [1.807, 2.05) is 18.2 Å². The van der Waals surface area contributed by atoms with E-state index in [1.165, 1.54) is 27.9 Å². The Labute approximate surface area is 193 Å². The monoisotopic (exact) mass is 425 g/mol. The van der Waals surface area contributed by atoms with Crippen molar-refractivity contribution in [2.75, 3.05) is 0 Å². The highest BCUT2D eigenvalue weighted by Gasteiger charge is 2.21. The molecule has 0 saturated heterocycles. The Morgan fingerprint density at radius 2 is 1.55 bits per heavy atom. The van der Waals surface area contributed by atoms with Crippen LogP contribution in [0.25, 0.3) is 71.3 Å². The van der Waals surface area contributed by atoms with E-state index < -0.39 is 6.85 Å². The van der Waals surface area contributed by atoms with Gasteiger partial charge in [-0.15, -0.1) is 0 Å². The number of hydrogen-bond acceptors (Lipinski definition) is 2. The summed E-state index contributed by atoms with van der Waals surface area (Å²) in [5.74, 6) is 0. The van der Waals surface area contributed by atoms with Gasteiger partial charge in [0.25, 0.3) is 0 Å². The Hall–Kier alpha value is -4.37. The first-order valence-corrected chi connectivity index (χ1v) is 11.0. The molecule has 0 bridgehead atoms. The molecule has 0 saturated carbocycles. The van der Waals surface area contributed by atoms with E-state index in [1.54, 1.807) is 12.1 Å². The average molecular weight is 426 g/mol. The van der Waals surface area contributed by atoms with Crippen molar-refractivity contribution >= 4 is 60.0 Å². The van der Waals surface area contributed by atoms with E-state index in [-0.39, 0.29) is 5.56 Å². The Morgan fingerprint density at radius 3 is 2.42 bits per heavy atom. The molecular formula is C30H18N2O. The fraction of sp³-hybridized carbons (Fsp3) is 0.0333. The van der Waals surface area contributed by atoms with Crippen LogP contribution in [0.3, 0.4) is 0 Å². The molecule has 0 unspecified atom stereocenters. The van der Waals surface area contributed by atoms with E-state index >= 15 is 0 Å². The Bertz CT molecular complexity index is 2130. The summed E-state index contributed by atoms with van der Waals surface area (Å²) in [4.78, 5) is 4.46. The SMILES string of the molecule is [2H]C([2H])([2H])c1ccc(-c2ccc3c(c2)c2cccc4c5ccc6c7ccccc7oc6c5n3c24)nc1. The van der Waals surface area contributed by atoms with E-state index in [9.17, 15) is 0 Å². The first-order valence-electron chi connectivity index (χ1n) is 12.5. The largest absolute Gasteiger partial charge is 0.454 e. The summed E-state index contributed by atoms with van der Waals surface area (Å²) in [7, 11) is 0. The third-order valence-corrected chi connectivity index (χ3v) is 6.88. The maximum absolute atomic E-state index is 7.61. The van der Waals surface area contributed by atoms with Gasteiger partial charge in [0.1, 0.15) is 5.58 Å². The van der Waals surface area contributed by atoms with Gasteiger partial charge >= 0.3 is 0 Å². The first-order chi connectivity index (χ1) is 17.5. The Balaban J connectivity index is 1.46. The van der Waals surface area contributed by atoms with Gasteiger partial charge in [-0.1, -0.05) is 54.6 Å². The van der Waals surface area contributed by atoms with Gasteiger partial charge < -0.3 is 8.82 Å². The normalized spacial score (nSPS) is 14.1. The molecule has 3 nitrogen and oxygen atoms in total. The molecule has 33 heavy (non-hydrogen) atoms. The molecule has 0 aliphatic carbocycles. The number of furan rings is 1. The second-order valence-electron chi connectivity index (χ2n) is 8.64. The van der Waals surface area contributed by atoms with Crippen LogP contribution in [0.1, 0.15) is 9.68 Å². The zero-order valence-corrected chi connectivity index (χ0v) is 17.5. The topological polar surface area (TPSA) is 30.4 Å².